The van der Waals surface area contributed by atoms with Crippen LogP contribution in [-0.4, -0.2) is 10.9 Å². The van der Waals surface area contributed by atoms with Gasteiger partial charge in [-0.15, -0.1) is 11.3 Å². The van der Waals surface area contributed by atoms with Gasteiger partial charge in [0.25, 0.3) is 5.91 Å². The van der Waals surface area contributed by atoms with Gasteiger partial charge in [0.1, 0.15) is 9.71 Å². The summed E-state index contributed by atoms with van der Waals surface area (Å²) in [5, 5.41) is 4.70. The van der Waals surface area contributed by atoms with Crippen molar-refractivity contribution in [1.29, 1.82) is 0 Å². The van der Waals surface area contributed by atoms with Gasteiger partial charge in [0.2, 0.25) is 0 Å². The zero-order chi connectivity index (χ0) is 22.9. The third kappa shape index (κ3) is 4.18. The summed E-state index contributed by atoms with van der Waals surface area (Å²) >= 11 is 13.6. The van der Waals surface area contributed by atoms with Crippen molar-refractivity contribution in [1.82, 2.24) is 4.98 Å². The Kier molecular flexibility index (Phi) is 5.77. The number of hydrogen-bond donors (Lipinski definition) is 2. The number of anilines is 2. The quantitative estimate of drug-likeness (QED) is 0.270. The highest BCUT2D eigenvalue weighted by atomic mass is 35.5. The molecule has 3 aromatic carbocycles. The zero-order valence-corrected chi connectivity index (χ0v) is 19.5. The van der Waals surface area contributed by atoms with Crippen molar-refractivity contribution in [2.75, 3.05) is 11.1 Å². The van der Waals surface area contributed by atoms with Crippen LogP contribution >= 0.6 is 34.5 Å². The largest absolute Gasteiger partial charge is 0.397 e. The Morgan fingerprint density at radius 3 is 2.30 bits per heavy atom. The molecule has 0 atom stereocenters. The average molecular weight is 490 g/mol. The summed E-state index contributed by atoms with van der Waals surface area (Å²) in [5.41, 5.74) is 11.1. The van der Waals surface area contributed by atoms with E-state index in [0.29, 0.717) is 31.1 Å². The number of nitrogens with one attached hydrogen (secondary N) is 1. The summed E-state index contributed by atoms with van der Waals surface area (Å²) in [7, 11) is 0. The number of pyridine rings is 1. The molecule has 5 aromatic rings. The van der Waals surface area contributed by atoms with E-state index in [1.807, 2.05) is 66.7 Å². The van der Waals surface area contributed by atoms with E-state index in [-0.39, 0.29) is 5.91 Å². The SMILES string of the molecule is Nc1c(C(=O)Nc2ccccc2Cl)sc2nc(-c3ccccc3)cc(-c3ccc(Cl)cc3)c12. The van der Waals surface area contributed by atoms with Crippen molar-refractivity contribution >= 4 is 62.0 Å². The second-order valence-electron chi connectivity index (χ2n) is 7.39. The first-order valence-corrected chi connectivity index (χ1v) is 11.7. The van der Waals surface area contributed by atoms with E-state index in [0.717, 1.165) is 27.8 Å². The van der Waals surface area contributed by atoms with Crippen LogP contribution in [0.2, 0.25) is 10.0 Å². The minimum absolute atomic E-state index is 0.327. The van der Waals surface area contributed by atoms with Crippen molar-refractivity contribution < 1.29 is 4.79 Å². The molecule has 0 saturated carbocycles. The van der Waals surface area contributed by atoms with Crippen LogP contribution < -0.4 is 11.1 Å². The molecule has 1 amide bonds. The molecule has 0 saturated heterocycles. The van der Waals surface area contributed by atoms with E-state index in [2.05, 4.69) is 5.32 Å². The molecule has 0 aliphatic carbocycles. The Hall–Kier alpha value is -3.38. The Labute approximate surface area is 204 Å². The van der Waals surface area contributed by atoms with Crippen LogP contribution in [0.5, 0.6) is 0 Å². The highest BCUT2D eigenvalue weighted by Crippen LogP contribution is 2.42. The fourth-order valence-corrected chi connectivity index (χ4v) is 4.97. The number of benzene rings is 3. The number of nitrogens with zero attached hydrogens (tertiary/aromatic N) is 1. The standard InChI is InChI=1S/C26H17Cl2N3OS/c27-17-12-10-15(11-13-17)18-14-21(16-6-2-1-3-7-16)31-26-22(18)23(29)24(33-26)25(32)30-20-9-5-4-8-19(20)28/h1-14H,29H2,(H,30,32). The van der Waals surface area contributed by atoms with Gasteiger partial charge in [-0.2, -0.15) is 0 Å². The van der Waals surface area contributed by atoms with Gasteiger partial charge in [0, 0.05) is 16.0 Å². The van der Waals surface area contributed by atoms with Crippen LogP contribution in [0.3, 0.4) is 0 Å². The Morgan fingerprint density at radius 2 is 1.58 bits per heavy atom. The number of para-hydroxylation sites is 1. The molecule has 0 radical (unpaired) electrons. The molecule has 7 heteroatoms. The maximum atomic E-state index is 13.1. The second kappa shape index (κ2) is 8.87. The van der Waals surface area contributed by atoms with Gasteiger partial charge in [-0.05, 0) is 41.5 Å². The number of carbonyl (C=O) groups excluding carboxylic acids is 1. The molecule has 0 aliphatic heterocycles. The fraction of sp³-hybridized carbons (Fsp3) is 0. The van der Waals surface area contributed by atoms with Gasteiger partial charge in [0.15, 0.2) is 0 Å². The van der Waals surface area contributed by atoms with Gasteiger partial charge in [-0.1, -0.05) is 77.8 Å². The lowest BCUT2D eigenvalue weighted by Crippen LogP contribution is -2.12. The normalized spacial score (nSPS) is 11.0. The summed E-state index contributed by atoms with van der Waals surface area (Å²) < 4.78 is 0. The maximum absolute atomic E-state index is 13.1. The molecule has 0 spiro atoms. The number of halogens is 2. The number of nitrogen functional groups attached to an aromatic ring is 1. The first-order valence-electron chi connectivity index (χ1n) is 10.1. The highest BCUT2D eigenvalue weighted by Gasteiger charge is 2.22. The van der Waals surface area contributed by atoms with Crippen molar-refractivity contribution in [2.24, 2.45) is 0 Å². The van der Waals surface area contributed by atoms with Gasteiger partial charge in [-0.3, -0.25) is 4.79 Å². The number of thiophene rings is 1. The first-order chi connectivity index (χ1) is 16.0. The predicted octanol–water partition coefficient (Wildman–Crippen LogP) is 7.77. The smallest absolute Gasteiger partial charge is 0.267 e. The molecule has 2 aromatic heterocycles. The van der Waals surface area contributed by atoms with E-state index < -0.39 is 0 Å². The third-order valence-electron chi connectivity index (χ3n) is 5.25. The minimum atomic E-state index is -0.327. The molecule has 2 heterocycles. The molecule has 33 heavy (non-hydrogen) atoms. The van der Waals surface area contributed by atoms with Gasteiger partial charge >= 0.3 is 0 Å². The van der Waals surface area contributed by atoms with Gasteiger partial charge in [-0.25, -0.2) is 4.98 Å². The van der Waals surface area contributed by atoms with Gasteiger partial charge < -0.3 is 11.1 Å². The average Bonchev–Trinajstić information content (AvgIpc) is 3.17. The van der Waals surface area contributed by atoms with E-state index in [1.54, 1.807) is 18.2 Å². The van der Waals surface area contributed by atoms with E-state index >= 15 is 0 Å². The van der Waals surface area contributed by atoms with Crippen molar-refractivity contribution in [3.63, 3.8) is 0 Å². The van der Waals surface area contributed by atoms with Gasteiger partial charge in [0.05, 0.1) is 22.1 Å². The highest BCUT2D eigenvalue weighted by molar-refractivity contribution is 7.21. The Balaban J connectivity index is 1.68. The molecule has 0 bridgehead atoms. The number of carbonyl (C=O) groups is 1. The lowest BCUT2D eigenvalue weighted by Gasteiger charge is -2.09. The number of hydrogen-bond acceptors (Lipinski definition) is 4. The molecule has 0 aliphatic rings. The molecule has 0 fully saturated rings. The van der Waals surface area contributed by atoms with Crippen LogP contribution in [0.1, 0.15) is 9.67 Å². The lowest BCUT2D eigenvalue weighted by molar-refractivity contribution is 0.103. The number of rotatable bonds is 4. The van der Waals surface area contributed by atoms with Crippen LogP contribution in [-0.2, 0) is 0 Å². The number of amides is 1. The van der Waals surface area contributed by atoms with Crippen LogP contribution in [0.25, 0.3) is 32.6 Å². The summed E-state index contributed by atoms with van der Waals surface area (Å²) in [6, 6.07) is 26.5. The van der Waals surface area contributed by atoms with Crippen LogP contribution in [0.15, 0.2) is 84.9 Å². The maximum Gasteiger partial charge on any atom is 0.267 e. The lowest BCUT2D eigenvalue weighted by atomic mass is 9.99. The summed E-state index contributed by atoms with van der Waals surface area (Å²) in [5.74, 6) is -0.327. The summed E-state index contributed by atoms with van der Waals surface area (Å²) in [4.78, 5) is 19.0. The minimum Gasteiger partial charge on any atom is -0.397 e. The molecule has 5 rings (SSSR count). The third-order valence-corrected chi connectivity index (χ3v) is 6.93. The van der Waals surface area contributed by atoms with E-state index in [1.165, 1.54) is 11.3 Å². The predicted molar refractivity (Wildman–Crippen MR) is 139 cm³/mol. The zero-order valence-electron chi connectivity index (χ0n) is 17.2. The Morgan fingerprint density at radius 1 is 0.879 bits per heavy atom. The topological polar surface area (TPSA) is 68.0 Å². The molecule has 0 unspecified atom stereocenters. The summed E-state index contributed by atoms with van der Waals surface area (Å²) in [6.07, 6.45) is 0. The van der Waals surface area contributed by atoms with Crippen LogP contribution in [0, 0.1) is 0 Å². The fourth-order valence-electron chi connectivity index (χ4n) is 3.65. The number of fused-ring (bicyclic) bond motifs is 1. The van der Waals surface area contributed by atoms with E-state index in [9.17, 15) is 4.79 Å². The molecule has 4 nitrogen and oxygen atoms in total. The molecular weight excluding hydrogens is 473 g/mol. The van der Waals surface area contributed by atoms with Crippen molar-refractivity contribution in [3.8, 4) is 22.4 Å². The van der Waals surface area contributed by atoms with Crippen molar-refractivity contribution in [2.45, 2.75) is 0 Å². The molecule has 3 N–H and O–H groups in total. The monoisotopic (exact) mass is 489 g/mol. The molecule has 162 valence electrons. The van der Waals surface area contributed by atoms with E-state index in [4.69, 9.17) is 33.9 Å². The van der Waals surface area contributed by atoms with Crippen molar-refractivity contribution in [3.05, 3.63) is 99.9 Å². The Bertz CT molecular complexity index is 1480. The first kappa shape index (κ1) is 21.5. The number of aromatic nitrogens is 1. The second-order valence-corrected chi connectivity index (χ2v) is 9.23. The molecular formula is C26H17Cl2N3OS. The van der Waals surface area contributed by atoms with Crippen LogP contribution in [0.4, 0.5) is 11.4 Å². The summed E-state index contributed by atoms with van der Waals surface area (Å²) in [6.45, 7) is 0. The number of nitrogens with two attached hydrogens (primary N) is 1.